The second kappa shape index (κ2) is 3.41. The highest BCUT2D eigenvalue weighted by molar-refractivity contribution is 9.10. The SMILES string of the molecule is N#Cc1c(Br)ccc(N)c1[N+](=O)[O-]. The first-order chi connectivity index (χ1) is 6.07. The maximum atomic E-state index is 10.5. The minimum absolute atomic E-state index is 0.00949. The smallest absolute Gasteiger partial charge is 0.310 e. The third-order valence-corrected chi connectivity index (χ3v) is 2.11. The first kappa shape index (κ1) is 9.48. The molecule has 0 aromatic heterocycles. The van der Waals surface area contributed by atoms with Crippen molar-refractivity contribution in [2.45, 2.75) is 0 Å². The lowest BCUT2D eigenvalue weighted by Crippen LogP contribution is -1.98. The Kier molecular flexibility index (Phi) is 2.49. The highest BCUT2D eigenvalue weighted by atomic mass is 79.9. The van der Waals surface area contributed by atoms with Gasteiger partial charge in [-0.05, 0) is 28.1 Å². The number of nitrogen functional groups attached to an aromatic ring is 1. The zero-order valence-corrected chi connectivity index (χ0v) is 7.91. The molecule has 0 heterocycles. The molecule has 2 N–H and O–H groups in total. The van der Waals surface area contributed by atoms with E-state index in [0.29, 0.717) is 4.47 Å². The molecule has 6 heteroatoms. The summed E-state index contributed by atoms with van der Waals surface area (Å²) in [4.78, 5) is 9.84. The van der Waals surface area contributed by atoms with Crippen LogP contribution < -0.4 is 5.73 Å². The van der Waals surface area contributed by atoms with Crippen molar-refractivity contribution in [2.75, 3.05) is 5.73 Å². The van der Waals surface area contributed by atoms with Gasteiger partial charge in [-0.15, -0.1) is 0 Å². The molecule has 0 saturated heterocycles. The van der Waals surface area contributed by atoms with E-state index in [-0.39, 0.29) is 16.9 Å². The van der Waals surface area contributed by atoms with Gasteiger partial charge < -0.3 is 5.73 Å². The monoisotopic (exact) mass is 241 g/mol. The predicted octanol–water partition coefficient (Wildman–Crippen LogP) is 1.81. The van der Waals surface area contributed by atoms with Crippen molar-refractivity contribution in [3.05, 3.63) is 32.3 Å². The van der Waals surface area contributed by atoms with E-state index in [9.17, 15) is 10.1 Å². The molecule has 0 amide bonds. The van der Waals surface area contributed by atoms with Gasteiger partial charge in [-0.2, -0.15) is 5.26 Å². The Hall–Kier alpha value is -1.61. The van der Waals surface area contributed by atoms with Crippen molar-refractivity contribution in [1.29, 1.82) is 5.26 Å². The number of hydrogen-bond acceptors (Lipinski definition) is 4. The van der Waals surface area contributed by atoms with E-state index in [1.54, 1.807) is 6.07 Å². The molecule has 0 saturated carbocycles. The number of benzene rings is 1. The maximum Gasteiger partial charge on any atom is 0.310 e. The van der Waals surface area contributed by atoms with E-state index in [4.69, 9.17) is 11.0 Å². The molecular weight excluding hydrogens is 238 g/mol. The van der Waals surface area contributed by atoms with Crippen molar-refractivity contribution >= 4 is 27.3 Å². The molecule has 0 aliphatic carbocycles. The molecular formula is C7H4BrN3O2. The molecule has 1 aromatic carbocycles. The average Bonchev–Trinajstić information content (AvgIpc) is 2.07. The molecule has 5 nitrogen and oxygen atoms in total. The Balaban J connectivity index is 3.55. The van der Waals surface area contributed by atoms with E-state index >= 15 is 0 Å². The number of nitro benzene ring substituents is 1. The molecule has 1 rings (SSSR count). The summed E-state index contributed by atoms with van der Waals surface area (Å²) in [5.74, 6) is 0. The Labute approximate surface area is 82.0 Å². The summed E-state index contributed by atoms with van der Waals surface area (Å²) in [7, 11) is 0. The van der Waals surface area contributed by atoms with Crippen LogP contribution >= 0.6 is 15.9 Å². The van der Waals surface area contributed by atoms with Crippen LogP contribution in [0.5, 0.6) is 0 Å². The molecule has 0 radical (unpaired) electrons. The number of nitriles is 1. The minimum atomic E-state index is -0.668. The quantitative estimate of drug-likeness (QED) is 0.461. The summed E-state index contributed by atoms with van der Waals surface area (Å²) in [6.45, 7) is 0. The number of hydrogen-bond donors (Lipinski definition) is 1. The van der Waals surface area contributed by atoms with Crippen molar-refractivity contribution in [3.8, 4) is 6.07 Å². The third-order valence-electron chi connectivity index (χ3n) is 1.45. The van der Waals surface area contributed by atoms with Crippen LogP contribution in [0.25, 0.3) is 0 Å². The molecule has 0 unspecified atom stereocenters. The van der Waals surface area contributed by atoms with Gasteiger partial charge in [0, 0.05) is 4.47 Å². The molecule has 0 spiro atoms. The molecule has 0 fully saturated rings. The normalized spacial score (nSPS) is 9.23. The Morgan fingerprint density at radius 3 is 2.62 bits per heavy atom. The first-order valence-corrected chi connectivity index (χ1v) is 3.99. The van der Waals surface area contributed by atoms with Crippen molar-refractivity contribution < 1.29 is 4.92 Å². The summed E-state index contributed by atoms with van der Waals surface area (Å²) >= 11 is 3.03. The topological polar surface area (TPSA) is 93.0 Å². The summed E-state index contributed by atoms with van der Waals surface area (Å²) in [5, 5.41) is 19.1. The summed E-state index contributed by atoms with van der Waals surface area (Å²) in [5.41, 5.74) is 4.94. The van der Waals surface area contributed by atoms with Crippen LogP contribution in [0.15, 0.2) is 16.6 Å². The first-order valence-electron chi connectivity index (χ1n) is 3.20. The van der Waals surface area contributed by atoms with Crippen LogP contribution in [0.1, 0.15) is 5.56 Å². The number of anilines is 1. The van der Waals surface area contributed by atoms with E-state index < -0.39 is 4.92 Å². The fourth-order valence-electron chi connectivity index (χ4n) is 0.886. The standard InChI is InChI=1S/C7H4BrN3O2/c8-5-1-2-6(10)7(11(12)13)4(5)3-9/h1-2H,10H2. The van der Waals surface area contributed by atoms with E-state index in [1.807, 2.05) is 0 Å². The molecule has 1 aromatic rings. The van der Waals surface area contributed by atoms with Crippen LogP contribution in [0.4, 0.5) is 11.4 Å². The molecule has 0 aliphatic heterocycles. The Morgan fingerprint density at radius 2 is 2.23 bits per heavy atom. The zero-order valence-electron chi connectivity index (χ0n) is 6.32. The molecule has 0 atom stereocenters. The maximum absolute atomic E-state index is 10.5. The third kappa shape index (κ3) is 1.60. The van der Waals surface area contributed by atoms with Gasteiger partial charge in [0.15, 0.2) is 0 Å². The number of nitro groups is 1. The second-order valence-electron chi connectivity index (χ2n) is 2.23. The highest BCUT2D eigenvalue weighted by Crippen LogP contribution is 2.31. The van der Waals surface area contributed by atoms with E-state index in [0.717, 1.165) is 0 Å². The van der Waals surface area contributed by atoms with Gasteiger partial charge in [0.2, 0.25) is 0 Å². The van der Waals surface area contributed by atoms with Gasteiger partial charge in [0.1, 0.15) is 17.3 Å². The molecule has 13 heavy (non-hydrogen) atoms. The molecule has 0 bridgehead atoms. The lowest BCUT2D eigenvalue weighted by atomic mass is 10.2. The number of rotatable bonds is 1. The van der Waals surface area contributed by atoms with Crippen LogP contribution in [0.2, 0.25) is 0 Å². The molecule has 66 valence electrons. The second-order valence-corrected chi connectivity index (χ2v) is 3.08. The Morgan fingerprint density at radius 1 is 1.62 bits per heavy atom. The number of halogens is 1. The van der Waals surface area contributed by atoms with Gasteiger partial charge in [0.25, 0.3) is 0 Å². The van der Waals surface area contributed by atoms with Crippen LogP contribution in [-0.4, -0.2) is 4.92 Å². The Bertz CT molecular complexity index is 411. The minimum Gasteiger partial charge on any atom is -0.393 e. The van der Waals surface area contributed by atoms with Crippen molar-refractivity contribution in [2.24, 2.45) is 0 Å². The fourth-order valence-corrected chi connectivity index (χ4v) is 1.29. The lowest BCUT2D eigenvalue weighted by Gasteiger charge is -1.99. The van der Waals surface area contributed by atoms with Crippen LogP contribution in [-0.2, 0) is 0 Å². The molecule has 0 aliphatic rings. The summed E-state index contributed by atoms with van der Waals surface area (Å²) < 4.78 is 0.371. The van der Waals surface area contributed by atoms with Gasteiger partial charge >= 0.3 is 5.69 Å². The van der Waals surface area contributed by atoms with Crippen molar-refractivity contribution in [1.82, 2.24) is 0 Å². The fraction of sp³-hybridized carbons (Fsp3) is 0. The average molecular weight is 242 g/mol. The summed E-state index contributed by atoms with van der Waals surface area (Å²) in [6.07, 6.45) is 0. The van der Waals surface area contributed by atoms with E-state index in [2.05, 4.69) is 15.9 Å². The summed E-state index contributed by atoms with van der Waals surface area (Å²) in [6, 6.07) is 4.60. The largest absolute Gasteiger partial charge is 0.393 e. The van der Waals surface area contributed by atoms with Gasteiger partial charge in [-0.25, -0.2) is 0 Å². The predicted molar refractivity (Wildman–Crippen MR) is 49.9 cm³/mol. The lowest BCUT2D eigenvalue weighted by molar-refractivity contribution is -0.384. The van der Waals surface area contributed by atoms with Gasteiger partial charge in [-0.1, -0.05) is 0 Å². The van der Waals surface area contributed by atoms with Crippen LogP contribution in [0, 0.1) is 21.4 Å². The van der Waals surface area contributed by atoms with Crippen LogP contribution in [0.3, 0.4) is 0 Å². The van der Waals surface area contributed by atoms with Gasteiger partial charge in [0.05, 0.1) is 4.92 Å². The number of nitrogens with two attached hydrogens (primary N) is 1. The van der Waals surface area contributed by atoms with Crippen molar-refractivity contribution in [3.63, 3.8) is 0 Å². The number of nitrogens with zero attached hydrogens (tertiary/aromatic N) is 2. The zero-order chi connectivity index (χ0) is 10.0. The van der Waals surface area contributed by atoms with Gasteiger partial charge in [-0.3, -0.25) is 10.1 Å². The van der Waals surface area contributed by atoms with E-state index in [1.165, 1.54) is 12.1 Å². The highest BCUT2D eigenvalue weighted by Gasteiger charge is 2.20.